The Balaban J connectivity index is 1.46. The van der Waals surface area contributed by atoms with E-state index >= 15 is 0 Å². The fourth-order valence-electron chi connectivity index (χ4n) is 4.22. The van der Waals surface area contributed by atoms with E-state index in [-0.39, 0.29) is 34.9 Å². The number of anilines is 1. The lowest BCUT2D eigenvalue weighted by molar-refractivity contribution is -0.283. The highest BCUT2D eigenvalue weighted by molar-refractivity contribution is 6.04. The van der Waals surface area contributed by atoms with Crippen molar-refractivity contribution in [1.82, 2.24) is 24.8 Å². The van der Waals surface area contributed by atoms with Crippen molar-refractivity contribution in [3.63, 3.8) is 0 Å². The number of carbonyl (C=O) groups is 1. The van der Waals surface area contributed by atoms with E-state index in [2.05, 4.69) is 41.7 Å². The second kappa shape index (κ2) is 13.3. The van der Waals surface area contributed by atoms with Gasteiger partial charge >= 0.3 is 12.5 Å². The van der Waals surface area contributed by atoms with Crippen molar-refractivity contribution in [2.45, 2.75) is 26.0 Å². The summed E-state index contributed by atoms with van der Waals surface area (Å²) in [6, 6.07) is 5.17. The van der Waals surface area contributed by atoms with Gasteiger partial charge in [-0.3, -0.25) is 20.1 Å². The van der Waals surface area contributed by atoms with Gasteiger partial charge in [-0.05, 0) is 49.7 Å². The minimum Gasteiger partial charge on any atom is -0.389 e. The first-order valence-corrected chi connectivity index (χ1v) is 13.1. The number of halogens is 6. The van der Waals surface area contributed by atoms with Crippen molar-refractivity contribution in [3.8, 4) is 11.8 Å². The summed E-state index contributed by atoms with van der Waals surface area (Å²) in [5.41, 5.74) is 0.442. The molecule has 3 aromatic rings. The minimum atomic E-state index is -4.99. The third kappa shape index (κ3) is 9.16. The predicted molar refractivity (Wildman–Crippen MR) is 150 cm³/mol. The third-order valence-electron chi connectivity index (χ3n) is 6.56. The van der Waals surface area contributed by atoms with Crippen LogP contribution in [-0.2, 0) is 17.5 Å². The molecule has 0 radical (unpaired) electrons. The Morgan fingerprint density at radius 1 is 1.09 bits per heavy atom. The number of hydrogen-bond acceptors (Lipinski definition) is 7. The van der Waals surface area contributed by atoms with E-state index in [4.69, 9.17) is 5.41 Å². The number of likely N-dealkylation sites (N-methyl/N-ethyl adjacent to an activating group) is 1. The monoisotopic (exact) mass is 619 g/mol. The molecular weight excluding hydrogens is 592 g/mol. The molecule has 1 aromatic carbocycles. The van der Waals surface area contributed by atoms with Crippen LogP contribution in [0.5, 0.6) is 0 Å². The van der Waals surface area contributed by atoms with Gasteiger partial charge < -0.3 is 19.9 Å². The van der Waals surface area contributed by atoms with Crippen LogP contribution in [0.3, 0.4) is 0 Å². The number of H-pyrrole nitrogens is 1. The number of amides is 1. The van der Waals surface area contributed by atoms with Crippen LogP contribution in [0.4, 0.5) is 32.0 Å². The summed E-state index contributed by atoms with van der Waals surface area (Å²) in [4.78, 5) is 27.9. The van der Waals surface area contributed by atoms with Crippen molar-refractivity contribution in [2.75, 3.05) is 38.5 Å². The number of ether oxygens (including phenoxy) is 1. The van der Waals surface area contributed by atoms with E-state index in [0.717, 1.165) is 31.3 Å². The number of nitrogens with one attached hydrogen (secondary N) is 3. The average Bonchev–Trinajstić information content (AvgIpc) is 3.40. The zero-order chi connectivity index (χ0) is 32.1. The molecule has 44 heavy (non-hydrogen) atoms. The van der Waals surface area contributed by atoms with Gasteiger partial charge in [0.2, 0.25) is 5.90 Å². The summed E-state index contributed by atoms with van der Waals surface area (Å²) in [6.07, 6.45) is -5.15. The van der Waals surface area contributed by atoms with Crippen molar-refractivity contribution >= 4 is 23.6 Å². The first kappa shape index (κ1) is 32.2. The highest BCUT2D eigenvalue weighted by Gasteiger charge is 2.34. The molecule has 3 N–H and O–H groups in total. The fourth-order valence-corrected chi connectivity index (χ4v) is 4.22. The minimum absolute atomic E-state index is 0.0237. The Morgan fingerprint density at radius 3 is 2.50 bits per heavy atom. The number of aryl methyl sites for hydroxylation is 1. The zero-order valence-electron chi connectivity index (χ0n) is 23.5. The van der Waals surface area contributed by atoms with Gasteiger partial charge in [0, 0.05) is 56.2 Å². The summed E-state index contributed by atoms with van der Waals surface area (Å²) in [6.45, 7) is 4.64. The second-order valence-electron chi connectivity index (χ2n) is 9.94. The summed E-state index contributed by atoms with van der Waals surface area (Å²) >= 11 is 0. The number of pyridine rings is 1. The number of imidazole rings is 1. The predicted octanol–water partition coefficient (Wildman–Crippen LogP) is 5.06. The first-order chi connectivity index (χ1) is 20.7. The van der Waals surface area contributed by atoms with Gasteiger partial charge in [0.25, 0.3) is 5.91 Å². The van der Waals surface area contributed by atoms with Gasteiger partial charge in [-0.2, -0.15) is 13.2 Å². The van der Waals surface area contributed by atoms with E-state index in [9.17, 15) is 31.1 Å². The SMILES string of the molecule is Cc1ncc(C(=O)Nc2ccc(CN3CCN(C)CC3)c(C(F)(F)F)c2)cc1C#Cc1cnc(/C=C\C(=N)OC(F)(F)F)[nH]1. The second-order valence-corrected chi connectivity index (χ2v) is 9.94. The number of nitrogens with zero attached hydrogens (tertiary/aromatic N) is 4. The number of aromatic amines is 1. The molecule has 232 valence electrons. The number of hydrogen-bond donors (Lipinski definition) is 3. The maximum atomic E-state index is 13.9. The molecule has 1 amide bonds. The van der Waals surface area contributed by atoms with Crippen LogP contribution in [0.2, 0.25) is 0 Å². The van der Waals surface area contributed by atoms with Crippen LogP contribution < -0.4 is 5.32 Å². The molecule has 0 aliphatic carbocycles. The molecule has 0 spiro atoms. The zero-order valence-corrected chi connectivity index (χ0v) is 23.5. The van der Waals surface area contributed by atoms with Crippen LogP contribution in [0.1, 0.15) is 44.3 Å². The molecule has 0 bridgehead atoms. The quantitative estimate of drug-likeness (QED) is 0.154. The van der Waals surface area contributed by atoms with Crippen molar-refractivity contribution in [1.29, 1.82) is 5.41 Å². The fraction of sp³-hybridized carbons (Fsp3) is 0.310. The number of piperazine rings is 1. The summed E-state index contributed by atoms with van der Waals surface area (Å²) < 4.78 is 81.7. The van der Waals surface area contributed by atoms with Crippen LogP contribution in [0.15, 0.2) is 42.7 Å². The molecule has 0 unspecified atom stereocenters. The highest BCUT2D eigenvalue weighted by atomic mass is 19.4. The topological polar surface area (TPSA) is 110 Å². The largest absolute Gasteiger partial charge is 0.574 e. The van der Waals surface area contributed by atoms with E-state index in [0.29, 0.717) is 24.3 Å². The molecule has 1 fully saturated rings. The molecule has 9 nitrogen and oxygen atoms in total. The Bertz CT molecular complexity index is 1610. The van der Waals surface area contributed by atoms with Gasteiger partial charge in [0.05, 0.1) is 23.0 Å². The van der Waals surface area contributed by atoms with Gasteiger partial charge in [-0.25, -0.2) is 4.98 Å². The standard InChI is InChI=1S/C29H27F6N7O2/c1-18-19(3-6-23-16-38-26(39-23)8-7-25(36)44-29(33,34)35)13-21(15-37-18)27(43)40-22-5-4-20(24(14-22)28(30,31)32)17-42-11-9-41(2)10-12-42/h4-5,7-8,13-16,36H,9-12,17H2,1-2H3,(H,38,39)(H,40,43)/b8-7-,36-25?. The van der Waals surface area contributed by atoms with Gasteiger partial charge in [-0.15, -0.1) is 13.2 Å². The van der Waals surface area contributed by atoms with E-state index in [1.165, 1.54) is 30.6 Å². The van der Waals surface area contributed by atoms with Crippen molar-refractivity contribution < 1.29 is 35.9 Å². The number of aromatic nitrogens is 3. The van der Waals surface area contributed by atoms with Crippen LogP contribution >= 0.6 is 0 Å². The first-order valence-electron chi connectivity index (χ1n) is 13.1. The summed E-state index contributed by atoms with van der Waals surface area (Å²) in [5, 5.41) is 9.65. The van der Waals surface area contributed by atoms with Gasteiger partial charge in [0.1, 0.15) is 11.5 Å². The number of carbonyl (C=O) groups excluding carboxylic acids is 1. The van der Waals surface area contributed by atoms with Crippen molar-refractivity contribution in [3.05, 3.63) is 82.2 Å². The number of alkyl halides is 6. The Kier molecular flexibility index (Phi) is 9.75. The number of rotatable bonds is 6. The Labute approximate surface area is 248 Å². The lowest BCUT2D eigenvalue weighted by Gasteiger charge is -2.33. The van der Waals surface area contributed by atoms with Gasteiger partial charge in [-0.1, -0.05) is 12.0 Å². The van der Waals surface area contributed by atoms with Crippen molar-refractivity contribution in [2.24, 2.45) is 0 Å². The third-order valence-corrected chi connectivity index (χ3v) is 6.56. The molecule has 4 rings (SSSR count). The normalized spacial score (nSPS) is 14.7. The molecule has 0 saturated carbocycles. The molecule has 3 heterocycles. The molecule has 0 atom stereocenters. The van der Waals surface area contributed by atoms with Crippen LogP contribution in [0.25, 0.3) is 6.08 Å². The molecule has 1 saturated heterocycles. The molecule has 15 heteroatoms. The van der Waals surface area contributed by atoms with Crippen LogP contribution in [-0.4, -0.2) is 76.1 Å². The van der Waals surface area contributed by atoms with E-state index < -0.39 is 29.9 Å². The lowest BCUT2D eigenvalue weighted by Crippen LogP contribution is -2.44. The van der Waals surface area contributed by atoms with Gasteiger partial charge in [0.15, 0.2) is 0 Å². The molecule has 2 aromatic heterocycles. The number of benzene rings is 1. The molecular formula is C29H27F6N7O2. The van der Waals surface area contributed by atoms with Crippen LogP contribution in [0, 0.1) is 24.2 Å². The smallest absolute Gasteiger partial charge is 0.389 e. The maximum Gasteiger partial charge on any atom is 0.574 e. The Morgan fingerprint density at radius 2 is 1.82 bits per heavy atom. The summed E-state index contributed by atoms with van der Waals surface area (Å²) in [7, 11) is 1.96. The summed E-state index contributed by atoms with van der Waals surface area (Å²) in [5.74, 6) is 3.87. The van der Waals surface area contributed by atoms with E-state index in [1.54, 1.807) is 6.92 Å². The lowest BCUT2D eigenvalue weighted by atomic mass is 10.0. The molecule has 1 aliphatic rings. The van der Waals surface area contributed by atoms with E-state index in [1.807, 2.05) is 11.9 Å². The maximum absolute atomic E-state index is 13.9. The highest BCUT2D eigenvalue weighted by Crippen LogP contribution is 2.34. The molecule has 1 aliphatic heterocycles. The Hall–Kier alpha value is -4.68. The average molecular weight is 620 g/mol.